The number of nitrogens with zero attached hydrogens (tertiary/aromatic N) is 2. The molecule has 0 unspecified atom stereocenters. The summed E-state index contributed by atoms with van der Waals surface area (Å²) in [6.45, 7) is 4.40. The molecule has 4 N–H and O–H groups in total. The SMILES string of the molecule is COCc1nc(N)cc(N[C@H](CO)C(C)C)n1. The molecule has 0 spiro atoms. The molecule has 17 heavy (non-hydrogen) atoms. The lowest BCUT2D eigenvalue weighted by atomic mass is 10.1. The van der Waals surface area contributed by atoms with Gasteiger partial charge in [-0.2, -0.15) is 0 Å². The van der Waals surface area contributed by atoms with E-state index in [4.69, 9.17) is 10.5 Å². The standard InChI is InChI=1S/C11H20N4O2/c1-7(2)8(5-16)13-10-4-9(12)14-11(15-10)6-17-3/h4,7-8,16H,5-6H2,1-3H3,(H3,12,13,14,15)/t8-/m1/s1. The number of hydrogen-bond donors (Lipinski definition) is 3. The fourth-order valence-electron chi connectivity index (χ4n) is 1.40. The van der Waals surface area contributed by atoms with Crippen molar-refractivity contribution in [3.05, 3.63) is 11.9 Å². The molecule has 0 amide bonds. The fraction of sp³-hybridized carbons (Fsp3) is 0.636. The maximum atomic E-state index is 9.24. The minimum atomic E-state index is -0.0558. The van der Waals surface area contributed by atoms with E-state index in [0.717, 1.165) is 0 Å². The van der Waals surface area contributed by atoms with Gasteiger partial charge in [0.05, 0.1) is 12.6 Å². The van der Waals surface area contributed by atoms with Crippen molar-refractivity contribution in [3.8, 4) is 0 Å². The van der Waals surface area contributed by atoms with Crippen LogP contribution >= 0.6 is 0 Å². The molecule has 0 aliphatic rings. The Hall–Kier alpha value is -1.40. The Bertz CT molecular complexity index is 357. The molecule has 0 aliphatic heterocycles. The molecule has 0 bridgehead atoms. The fourth-order valence-corrected chi connectivity index (χ4v) is 1.40. The van der Waals surface area contributed by atoms with Gasteiger partial charge in [0.1, 0.15) is 18.2 Å². The van der Waals surface area contributed by atoms with Gasteiger partial charge in [0.25, 0.3) is 0 Å². The van der Waals surface area contributed by atoms with Crippen LogP contribution in [0.4, 0.5) is 11.6 Å². The third-order valence-electron chi connectivity index (χ3n) is 2.40. The van der Waals surface area contributed by atoms with Crippen LogP contribution < -0.4 is 11.1 Å². The molecule has 0 saturated heterocycles. The summed E-state index contributed by atoms with van der Waals surface area (Å²) in [6.07, 6.45) is 0. The number of aliphatic hydroxyl groups excluding tert-OH is 1. The second kappa shape index (κ2) is 6.36. The molecule has 1 aromatic heterocycles. The Morgan fingerprint density at radius 3 is 2.71 bits per heavy atom. The van der Waals surface area contributed by atoms with Crippen molar-refractivity contribution < 1.29 is 9.84 Å². The summed E-state index contributed by atoms with van der Waals surface area (Å²) in [6, 6.07) is 1.59. The molecular formula is C11H20N4O2. The van der Waals surface area contributed by atoms with Gasteiger partial charge >= 0.3 is 0 Å². The highest BCUT2D eigenvalue weighted by atomic mass is 16.5. The normalized spacial score (nSPS) is 12.8. The van der Waals surface area contributed by atoms with Crippen LogP contribution in [0.3, 0.4) is 0 Å². The summed E-state index contributed by atoms with van der Waals surface area (Å²) < 4.78 is 4.96. The third-order valence-corrected chi connectivity index (χ3v) is 2.40. The smallest absolute Gasteiger partial charge is 0.158 e. The van der Waals surface area contributed by atoms with Crippen LogP contribution in [-0.4, -0.2) is 34.8 Å². The number of aliphatic hydroxyl groups is 1. The Morgan fingerprint density at radius 2 is 2.18 bits per heavy atom. The van der Waals surface area contributed by atoms with Crippen LogP contribution in [0.25, 0.3) is 0 Å². The number of hydrogen-bond acceptors (Lipinski definition) is 6. The van der Waals surface area contributed by atoms with Crippen LogP contribution in [0.2, 0.25) is 0 Å². The highest BCUT2D eigenvalue weighted by Crippen LogP contribution is 2.13. The van der Waals surface area contributed by atoms with Crippen molar-refractivity contribution >= 4 is 11.6 Å². The summed E-state index contributed by atoms with van der Waals surface area (Å²) in [5, 5.41) is 12.4. The number of ether oxygens (including phenoxy) is 1. The van der Waals surface area contributed by atoms with Gasteiger partial charge in [-0.05, 0) is 5.92 Å². The van der Waals surface area contributed by atoms with Crippen LogP contribution in [0.15, 0.2) is 6.07 Å². The van der Waals surface area contributed by atoms with Gasteiger partial charge in [0, 0.05) is 13.2 Å². The van der Waals surface area contributed by atoms with E-state index in [1.807, 2.05) is 13.8 Å². The van der Waals surface area contributed by atoms with Crippen molar-refractivity contribution in [2.24, 2.45) is 5.92 Å². The zero-order chi connectivity index (χ0) is 12.8. The number of methoxy groups -OCH3 is 1. The molecule has 6 nitrogen and oxygen atoms in total. The summed E-state index contributed by atoms with van der Waals surface area (Å²) >= 11 is 0. The number of nitrogens with one attached hydrogen (secondary N) is 1. The largest absolute Gasteiger partial charge is 0.394 e. The van der Waals surface area contributed by atoms with E-state index in [9.17, 15) is 5.11 Å². The Kier molecular flexibility index (Phi) is 5.11. The van der Waals surface area contributed by atoms with E-state index in [1.165, 1.54) is 0 Å². The minimum Gasteiger partial charge on any atom is -0.394 e. The molecule has 96 valence electrons. The molecule has 0 aromatic carbocycles. The zero-order valence-corrected chi connectivity index (χ0v) is 10.5. The highest BCUT2D eigenvalue weighted by Gasteiger charge is 2.13. The predicted molar refractivity (Wildman–Crippen MR) is 66.5 cm³/mol. The van der Waals surface area contributed by atoms with Crippen molar-refractivity contribution in [3.63, 3.8) is 0 Å². The van der Waals surface area contributed by atoms with Gasteiger partial charge in [-0.15, -0.1) is 0 Å². The van der Waals surface area contributed by atoms with Gasteiger partial charge in [0.2, 0.25) is 0 Å². The molecule has 6 heteroatoms. The third kappa shape index (κ3) is 4.16. The van der Waals surface area contributed by atoms with Gasteiger partial charge in [-0.25, -0.2) is 9.97 Å². The number of aromatic nitrogens is 2. The van der Waals surface area contributed by atoms with Gasteiger partial charge in [-0.1, -0.05) is 13.8 Å². The molecule has 1 heterocycles. The van der Waals surface area contributed by atoms with E-state index in [1.54, 1.807) is 13.2 Å². The van der Waals surface area contributed by atoms with Crippen LogP contribution in [-0.2, 0) is 11.3 Å². The van der Waals surface area contributed by atoms with E-state index in [0.29, 0.717) is 30.0 Å². The maximum absolute atomic E-state index is 9.24. The lowest BCUT2D eigenvalue weighted by molar-refractivity contribution is 0.178. The lowest BCUT2D eigenvalue weighted by Crippen LogP contribution is -2.30. The van der Waals surface area contributed by atoms with Crippen molar-refractivity contribution in [1.82, 2.24) is 9.97 Å². The molecule has 1 aromatic rings. The monoisotopic (exact) mass is 240 g/mol. The molecular weight excluding hydrogens is 220 g/mol. The quantitative estimate of drug-likeness (QED) is 0.675. The maximum Gasteiger partial charge on any atom is 0.158 e. The van der Waals surface area contributed by atoms with Crippen LogP contribution in [0.5, 0.6) is 0 Å². The topological polar surface area (TPSA) is 93.3 Å². The Labute approximate surface area is 101 Å². The first-order valence-electron chi connectivity index (χ1n) is 5.56. The molecule has 0 radical (unpaired) electrons. The highest BCUT2D eigenvalue weighted by molar-refractivity contribution is 5.45. The summed E-state index contributed by atoms with van der Waals surface area (Å²) in [5.74, 6) is 1.81. The van der Waals surface area contributed by atoms with E-state index in [-0.39, 0.29) is 12.6 Å². The van der Waals surface area contributed by atoms with Crippen molar-refractivity contribution in [1.29, 1.82) is 0 Å². The number of anilines is 2. The minimum absolute atomic E-state index is 0.0428. The van der Waals surface area contributed by atoms with Crippen molar-refractivity contribution in [2.75, 3.05) is 24.8 Å². The van der Waals surface area contributed by atoms with Gasteiger partial charge in [-0.3, -0.25) is 0 Å². The summed E-state index contributed by atoms with van der Waals surface area (Å²) in [4.78, 5) is 8.30. The Balaban J connectivity index is 2.82. The van der Waals surface area contributed by atoms with Crippen LogP contribution in [0.1, 0.15) is 19.7 Å². The molecule has 0 fully saturated rings. The van der Waals surface area contributed by atoms with Crippen molar-refractivity contribution in [2.45, 2.75) is 26.5 Å². The molecule has 1 atom stereocenters. The zero-order valence-electron chi connectivity index (χ0n) is 10.5. The van der Waals surface area contributed by atoms with Gasteiger partial charge in [0.15, 0.2) is 5.82 Å². The number of nitrogen functional groups attached to an aromatic ring is 1. The number of rotatable bonds is 6. The van der Waals surface area contributed by atoms with E-state index >= 15 is 0 Å². The molecule has 1 rings (SSSR count). The average molecular weight is 240 g/mol. The molecule has 0 aliphatic carbocycles. The molecule has 0 saturated carbocycles. The second-order valence-electron chi connectivity index (χ2n) is 4.20. The first kappa shape index (κ1) is 13.7. The first-order chi connectivity index (χ1) is 8.06. The Morgan fingerprint density at radius 1 is 1.47 bits per heavy atom. The predicted octanol–water partition coefficient (Wildman–Crippen LogP) is 0.634. The number of nitrogens with two attached hydrogens (primary N) is 1. The summed E-state index contributed by atoms with van der Waals surface area (Å²) in [5.41, 5.74) is 5.67. The van der Waals surface area contributed by atoms with E-state index < -0.39 is 0 Å². The van der Waals surface area contributed by atoms with Crippen LogP contribution in [0, 0.1) is 5.92 Å². The lowest BCUT2D eigenvalue weighted by Gasteiger charge is -2.20. The van der Waals surface area contributed by atoms with E-state index in [2.05, 4.69) is 15.3 Å². The second-order valence-corrected chi connectivity index (χ2v) is 4.20. The van der Waals surface area contributed by atoms with Gasteiger partial charge < -0.3 is 20.9 Å². The summed E-state index contributed by atoms with van der Waals surface area (Å²) in [7, 11) is 1.57. The average Bonchev–Trinajstić information content (AvgIpc) is 2.25. The first-order valence-corrected chi connectivity index (χ1v) is 5.56.